The smallest absolute Gasteiger partial charge is 0.238 e. The van der Waals surface area contributed by atoms with Crippen LogP contribution in [-0.2, 0) is 9.53 Å². The van der Waals surface area contributed by atoms with E-state index < -0.39 is 0 Å². The monoisotopic (exact) mass is 373 g/mol. The van der Waals surface area contributed by atoms with Crippen LogP contribution in [0.5, 0.6) is 5.75 Å². The average molecular weight is 373 g/mol. The Morgan fingerprint density at radius 2 is 1.74 bits per heavy atom. The summed E-state index contributed by atoms with van der Waals surface area (Å²) in [5, 5.41) is 2.96. The Morgan fingerprint density at radius 1 is 1.04 bits per heavy atom. The molecule has 1 saturated carbocycles. The maximum atomic E-state index is 12.2. The third kappa shape index (κ3) is 5.21. The average Bonchev–Trinajstić information content (AvgIpc) is 2.67. The summed E-state index contributed by atoms with van der Waals surface area (Å²) >= 11 is 0. The highest BCUT2D eigenvalue weighted by atomic mass is 16.5. The van der Waals surface area contributed by atoms with E-state index in [-0.39, 0.29) is 5.91 Å². The lowest BCUT2D eigenvalue weighted by atomic mass is 9.86. The number of carbonyl (C=O) groups is 1. The molecule has 1 aromatic rings. The van der Waals surface area contributed by atoms with Crippen LogP contribution in [0.1, 0.15) is 32.1 Å². The zero-order valence-corrected chi connectivity index (χ0v) is 16.1. The first-order valence-electron chi connectivity index (χ1n) is 10.4. The molecule has 1 aliphatic carbocycles. The maximum Gasteiger partial charge on any atom is 0.238 e. The van der Waals surface area contributed by atoms with Gasteiger partial charge < -0.3 is 19.7 Å². The first kappa shape index (κ1) is 18.7. The quantitative estimate of drug-likeness (QED) is 0.830. The molecule has 2 heterocycles. The largest absolute Gasteiger partial charge is 0.490 e. The Kier molecular flexibility index (Phi) is 6.27. The molecule has 0 aromatic heterocycles. The number of hydrogen-bond acceptors (Lipinski definition) is 5. The lowest BCUT2D eigenvalue weighted by Gasteiger charge is -2.44. The fraction of sp³-hybridized carbons (Fsp3) is 0.667. The molecule has 3 aliphatic rings. The standard InChI is InChI=1S/C21H31N3O3/c25-21(16-23-10-12-26-13-11-23)22-17-4-6-19(7-5-17)27-20-14-18(15-20)24-8-2-1-3-9-24/h4-7,18,20H,1-3,8-16H2,(H,22,25). The van der Waals surface area contributed by atoms with Crippen LogP contribution in [0.2, 0.25) is 0 Å². The van der Waals surface area contributed by atoms with Gasteiger partial charge in [-0.05, 0) is 50.2 Å². The number of benzene rings is 1. The molecule has 148 valence electrons. The Morgan fingerprint density at radius 3 is 2.44 bits per heavy atom. The van der Waals surface area contributed by atoms with Gasteiger partial charge in [-0.25, -0.2) is 0 Å². The highest BCUT2D eigenvalue weighted by Gasteiger charge is 2.35. The van der Waals surface area contributed by atoms with E-state index in [9.17, 15) is 4.79 Å². The second kappa shape index (κ2) is 9.04. The molecule has 0 spiro atoms. The third-order valence-corrected chi connectivity index (χ3v) is 5.89. The number of nitrogens with one attached hydrogen (secondary N) is 1. The number of ether oxygens (including phenoxy) is 2. The first-order valence-corrected chi connectivity index (χ1v) is 10.4. The normalized spacial score (nSPS) is 27.0. The van der Waals surface area contributed by atoms with E-state index >= 15 is 0 Å². The summed E-state index contributed by atoms with van der Waals surface area (Å²) in [5.41, 5.74) is 0.820. The van der Waals surface area contributed by atoms with Gasteiger partial charge in [0.1, 0.15) is 11.9 Å². The van der Waals surface area contributed by atoms with Gasteiger partial charge in [-0.1, -0.05) is 6.42 Å². The molecule has 0 unspecified atom stereocenters. The molecule has 6 nitrogen and oxygen atoms in total. The van der Waals surface area contributed by atoms with Crippen LogP contribution in [0.4, 0.5) is 5.69 Å². The number of rotatable bonds is 6. The molecular weight excluding hydrogens is 342 g/mol. The summed E-state index contributed by atoms with van der Waals surface area (Å²) in [6, 6.07) is 8.48. The highest BCUT2D eigenvalue weighted by molar-refractivity contribution is 5.92. The van der Waals surface area contributed by atoms with Crippen molar-refractivity contribution in [3.05, 3.63) is 24.3 Å². The van der Waals surface area contributed by atoms with Gasteiger partial charge in [0.05, 0.1) is 19.8 Å². The molecule has 0 radical (unpaired) electrons. The Bertz CT molecular complexity index is 604. The topological polar surface area (TPSA) is 54.0 Å². The number of nitrogens with zero attached hydrogens (tertiary/aromatic N) is 2. The van der Waals surface area contributed by atoms with E-state index in [4.69, 9.17) is 9.47 Å². The van der Waals surface area contributed by atoms with Crippen molar-refractivity contribution in [1.82, 2.24) is 9.80 Å². The van der Waals surface area contributed by atoms with E-state index in [0.717, 1.165) is 37.4 Å². The van der Waals surface area contributed by atoms with E-state index in [1.807, 2.05) is 24.3 Å². The van der Waals surface area contributed by atoms with Crippen LogP contribution < -0.4 is 10.1 Å². The SMILES string of the molecule is O=C(CN1CCOCC1)Nc1ccc(OC2CC(N3CCCCC3)C2)cc1. The van der Waals surface area contributed by atoms with Crippen molar-refractivity contribution in [2.24, 2.45) is 0 Å². The predicted octanol–water partition coefficient (Wildman–Crippen LogP) is 2.35. The van der Waals surface area contributed by atoms with Crippen molar-refractivity contribution < 1.29 is 14.3 Å². The van der Waals surface area contributed by atoms with Crippen LogP contribution in [0.25, 0.3) is 0 Å². The summed E-state index contributed by atoms with van der Waals surface area (Å²) < 4.78 is 11.4. The number of likely N-dealkylation sites (tertiary alicyclic amines) is 1. The fourth-order valence-corrected chi connectivity index (χ4v) is 4.19. The summed E-state index contributed by atoms with van der Waals surface area (Å²) in [6.07, 6.45) is 6.69. The second-order valence-corrected chi connectivity index (χ2v) is 7.92. The number of anilines is 1. The number of amides is 1. The van der Waals surface area contributed by atoms with E-state index in [1.54, 1.807) is 0 Å². The molecule has 4 rings (SSSR count). The van der Waals surface area contributed by atoms with Crippen molar-refractivity contribution in [3.63, 3.8) is 0 Å². The highest BCUT2D eigenvalue weighted by Crippen LogP contribution is 2.31. The number of carbonyl (C=O) groups excluding carboxylic acids is 1. The van der Waals surface area contributed by atoms with Crippen LogP contribution in [0, 0.1) is 0 Å². The lowest BCUT2D eigenvalue weighted by molar-refractivity contribution is -0.118. The molecule has 1 aromatic carbocycles. The zero-order valence-electron chi connectivity index (χ0n) is 16.1. The number of piperidine rings is 1. The van der Waals surface area contributed by atoms with E-state index in [0.29, 0.717) is 31.9 Å². The molecule has 27 heavy (non-hydrogen) atoms. The van der Waals surface area contributed by atoms with Gasteiger partial charge in [0.15, 0.2) is 0 Å². The summed E-state index contributed by atoms with van der Waals surface area (Å²) in [7, 11) is 0. The molecule has 3 fully saturated rings. The van der Waals surface area contributed by atoms with Gasteiger partial charge in [0, 0.05) is 37.7 Å². The first-order chi connectivity index (χ1) is 13.3. The Labute approximate surface area is 161 Å². The summed E-state index contributed by atoms with van der Waals surface area (Å²) in [4.78, 5) is 16.9. The molecule has 1 N–H and O–H groups in total. The fourth-order valence-electron chi connectivity index (χ4n) is 4.19. The minimum atomic E-state index is 0.0222. The van der Waals surface area contributed by atoms with Crippen molar-refractivity contribution in [1.29, 1.82) is 0 Å². The molecule has 1 amide bonds. The summed E-state index contributed by atoms with van der Waals surface area (Å²) in [5.74, 6) is 0.914. The molecular formula is C21H31N3O3. The zero-order chi connectivity index (χ0) is 18.5. The van der Waals surface area contributed by atoms with Gasteiger partial charge in [-0.3, -0.25) is 9.69 Å². The van der Waals surface area contributed by atoms with Crippen molar-refractivity contribution >= 4 is 11.6 Å². The molecule has 6 heteroatoms. The third-order valence-electron chi connectivity index (χ3n) is 5.89. The van der Waals surface area contributed by atoms with Gasteiger partial charge in [0.2, 0.25) is 5.91 Å². The minimum absolute atomic E-state index is 0.0222. The van der Waals surface area contributed by atoms with Crippen molar-refractivity contribution in [3.8, 4) is 5.75 Å². The number of morpholine rings is 1. The van der Waals surface area contributed by atoms with Crippen LogP contribution in [0.15, 0.2) is 24.3 Å². The van der Waals surface area contributed by atoms with E-state index in [1.165, 1.54) is 32.4 Å². The van der Waals surface area contributed by atoms with Crippen molar-refractivity contribution in [2.45, 2.75) is 44.2 Å². The van der Waals surface area contributed by atoms with Crippen molar-refractivity contribution in [2.75, 3.05) is 51.3 Å². The molecule has 0 bridgehead atoms. The van der Waals surface area contributed by atoms with Crippen LogP contribution in [-0.4, -0.2) is 73.8 Å². The second-order valence-electron chi connectivity index (χ2n) is 7.92. The van der Waals surface area contributed by atoms with E-state index in [2.05, 4.69) is 15.1 Å². The minimum Gasteiger partial charge on any atom is -0.490 e. The van der Waals surface area contributed by atoms with Gasteiger partial charge >= 0.3 is 0 Å². The van der Waals surface area contributed by atoms with Gasteiger partial charge in [0.25, 0.3) is 0 Å². The Hall–Kier alpha value is -1.63. The number of hydrogen-bond donors (Lipinski definition) is 1. The molecule has 2 saturated heterocycles. The molecule has 0 atom stereocenters. The predicted molar refractivity (Wildman–Crippen MR) is 105 cm³/mol. The van der Waals surface area contributed by atoms with Gasteiger partial charge in [-0.15, -0.1) is 0 Å². The Balaban J connectivity index is 1.18. The van der Waals surface area contributed by atoms with Crippen LogP contribution >= 0.6 is 0 Å². The van der Waals surface area contributed by atoms with Crippen LogP contribution in [0.3, 0.4) is 0 Å². The lowest BCUT2D eigenvalue weighted by Crippen LogP contribution is -2.50. The summed E-state index contributed by atoms with van der Waals surface area (Å²) in [6.45, 7) is 5.99. The maximum absolute atomic E-state index is 12.2. The molecule has 2 aliphatic heterocycles. The van der Waals surface area contributed by atoms with Gasteiger partial charge in [-0.2, -0.15) is 0 Å².